The van der Waals surface area contributed by atoms with Crippen LogP contribution >= 0.6 is 0 Å². The van der Waals surface area contributed by atoms with Crippen molar-refractivity contribution < 1.29 is 53.7 Å². The Kier molecular flexibility index (Phi) is 5.27. The second kappa shape index (κ2) is 7.20. The van der Waals surface area contributed by atoms with E-state index >= 15 is 0 Å². The number of rotatable bonds is 3. The van der Waals surface area contributed by atoms with E-state index in [0.29, 0.717) is 16.9 Å². The van der Waals surface area contributed by atoms with Crippen LogP contribution in [0.1, 0.15) is 19.4 Å². The third-order valence-corrected chi connectivity index (χ3v) is 4.46. The van der Waals surface area contributed by atoms with Crippen LogP contribution in [0.2, 0.25) is 0 Å². The topological polar surface area (TPSA) is 92.0 Å². The zero-order valence-electron chi connectivity index (χ0n) is 15.4. The molecule has 1 aromatic heterocycles. The number of fused-ring (bicyclic) bond motifs is 4. The van der Waals surface area contributed by atoms with Crippen LogP contribution in [-0.4, -0.2) is 18.3 Å². The molecule has 0 spiro atoms. The summed E-state index contributed by atoms with van der Waals surface area (Å²) in [5, 5.41) is 21.4. The van der Waals surface area contributed by atoms with E-state index in [1.54, 1.807) is 12.1 Å². The van der Waals surface area contributed by atoms with Gasteiger partial charge in [0.15, 0.2) is 0 Å². The molecule has 0 radical (unpaired) electrons. The normalized spacial score (nSPS) is 13.9. The zero-order chi connectivity index (χ0) is 18.5. The van der Waals surface area contributed by atoms with Crippen molar-refractivity contribution in [3.8, 4) is 28.4 Å². The number of aliphatic hydroxyl groups is 1. The first-order valence-corrected chi connectivity index (χ1v) is 8.25. The maximum Gasteiger partial charge on any atom is 1.00 e. The molecule has 0 atom stereocenters. The van der Waals surface area contributed by atoms with Gasteiger partial charge in [-0.25, -0.2) is 4.79 Å². The van der Waals surface area contributed by atoms with E-state index in [9.17, 15) is 9.90 Å². The zero-order valence-corrected chi connectivity index (χ0v) is 17.4. The molecule has 1 aliphatic rings. The van der Waals surface area contributed by atoms with Crippen molar-refractivity contribution in [2.45, 2.75) is 19.4 Å². The van der Waals surface area contributed by atoms with Crippen molar-refractivity contribution in [2.75, 3.05) is 13.2 Å². The van der Waals surface area contributed by atoms with Crippen LogP contribution in [0.3, 0.4) is 0 Å². The third-order valence-electron chi connectivity index (χ3n) is 4.46. The van der Waals surface area contributed by atoms with Crippen molar-refractivity contribution in [2.24, 2.45) is 0 Å². The summed E-state index contributed by atoms with van der Waals surface area (Å²) in [4.78, 5) is 11.5. The summed E-state index contributed by atoms with van der Waals surface area (Å²) in [5.41, 5.74) is 1.47. The molecule has 0 saturated carbocycles. The summed E-state index contributed by atoms with van der Waals surface area (Å²) in [6.45, 7) is 3.99. The largest absolute Gasteiger partial charge is 1.00 e. The van der Waals surface area contributed by atoms with Gasteiger partial charge in [0.1, 0.15) is 29.3 Å². The number of hydrogen-bond acceptors (Lipinski definition) is 6. The van der Waals surface area contributed by atoms with Crippen LogP contribution < -0.4 is 49.8 Å². The minimum atomic E-state index is -0.677. The molecule has 2 heterocycles. The number of ether oxygens (including phenoxy) is 2. The summed E-state index contributed by atoms with van der Waals surface area (Å²) in [7, 11) is 0. The van der Waals surface area contributed by atoms with Gasteiger partial charge in [0, 0.05) is 28.6 Å². The predicted octanol–water partition coefficient (Wildman–Crippen LogP) is -0.464. The Morgan fingerprint density at radius 3 is 2.67 bits per heavy atom. The molecule has 27 heavy (non-hydrogen) atoms. The predicted molar refractivity (Wildman–Crippen MR) is 93.6 cm³/mol. The first-order chi connectivity index (χ1) is 12.4. The minimum Gasteiger partial charge on any atom is -0.872 e. The Bertz CT molecular complexity index is 1070. The van der Waals surface area contributed by atoms with Crippen molar-refractivity contribution in [1.82, 2.24) is 0 Å². The fourth-order valence-corrected chi connectivity index (χ4v) is 3.30. The van der Waals surface area contributed by atoms with Crippen LogP contribution in [0, 0.1) is 0 Å². The van der Waals surface area contributed by atoms with Crippen LogP contribution in [0.4, 0.5) is 0 Å². The summed E-state index contributed by atoms with van der Waals surface area (Å²) >= 11 is 0. The molecule has 0 amide bonds. The molecule has 134 valence electrons. The molecule has 0 fully saturated rings. The van der Waals surface area contributed by atoms with Gasteiger partial charge in [0.05, 0.1) is 6.61 Å². The van der Waals surface area contributed by atoms with Crippen molar-refractivity contribution in [1.29, 1.82) is 0 Å². The molecular formula is C20H17NaO6. The quantitative estimate of drug-likeness (QED) is 0.491. The Morgan fingerprint density at radius 1 is 1.15 bits per heavy atom. The van der Waals surface area contributed by atoms with E-state index in [2.05, 4.69) is 0 Å². The Hall–Kier alpha value is -1.99. The van der Waals surface area contributed by atoms with Crippen LogP contribution in [-0.2, 0) is 5.60 Å². The number of aliphatic hydroxyl groups excluding tert-OH is 1. The van der Waals surface area contributed by atoms with Gasteiger partial charge in [-0.2, -0.15) is 0 Å². The van der Waals surface area contributed by atoms with E-state index in [4.69, 9.17) is 19.0 Å². The molecule has 0 unspecified atom stereocenters. The molecule has 0 bridgehead atoms. The second-order valence-corrected chi connectivity index (χ2v) is 6.67. The van der Waals surface area contributed by atoms with Crippen LogP contribution in [0.5, 0.6) is 17.2 Å². The fourth-order valence-electron chi connectivity index (χ4n) is 3.30. The van der Waals surface area contributed by atoms with Crippen LogP contribution in [0.15, 0.2) is 45.6 Å². The number of benzene rings is 2. The van der Waals surface area contributed by atoms with Crippen molar-refractivity contribution in [3.05, 3.63) is 52.4 Å². The molecule has 0 aliphatic carbocycles. The van der Waals surface area contributed by atoms with Crippen molar-refractivity contribution in [3.63, 3.8) is 0 Å². The van der Waals surface area contributed by atoms with Crippen LogP contribution in [0.25, 0.3) is 22.1 Å². The molecule has 0 saturated heterocycles. The maximum atomic E-state index is 12.2. The first kappa shape index (κ1) is 19.8. The van der Waals surface area contributed by atoms with Crippen molar-refractivity contribution >= 4 is 11.0 Å². The van der Waals surface area contributed by atoms with Gasteiger partial charge in [-0.1, -0.05) is 11.8 Å². The SMILES string of the molecule is CC1(C)Oc2cc3oc(=O)cc([O-])c3cc2-c2ccc(OCCO)cc21.[Na+]. The Morgan fingerprint density at radius 2 is 1.93 bits per heavy atom. The second-order valence-electron chi connectivity index (χ2n) is 6.67. The molecule has 7 heteroatoms. The summed E-state index contributed by atoms with van der Waals surface area (Å²) in [6.07, 6.45) is 0. The first-order valence-electron chi connectivity index (χ1n) is 8.25. The standard InChI is InChI=1S/C20H18O6.Na/c1-20(2)15-7-11(24-6-5-21)3-4-12(15)13-8-14-16(22)9-19(23)25-17(14)10-18(13)26-20;/h3-4,7-10,21-22H,5-6H2,1-2H3;/q;+1/p-1. The van der Waals surface area contributed by atoms with E-state index in [1.165, 1.54) is 0 Å². The van der Waals surface area contributed by atoms with E-state index in [0.717, 1.165) is 22.8 Å². The van der Waals surface area contributed by atoms with Gasteiger partial charge < -0.3 is 24.1 Å². The van der Waals surface area contributed by atoms with Gasteiger partial charge in [-0.15, -0.1) is 0 Å². The third kappa shape index (κ3) is 3.46. The van der Waals surface area contributed by atoms with Gasteiger partial charge in [-0.3, -0.25) is 0 Å². The average molecular weight is 376 g/mol. The Balaban J connectivity index is 0.00000210. The Labute approximate surface area is 177 Å². The molecule has 4 rings (SSSR count). The average Bonchev–Trinajstić information content (AvgIpc) is 2.58. The fraction of sp³-hybridized carbons (Fsp3) is 0.250. The van der Waals surface area contributed by atoms with Gasteiger partial charge in [0.2, 0.25) is 0 Å². The van der Waals surface area contributed by atoms with E-state index < -0.39 is 11.2 Å². The molecule has 2 aromatic carbocycles. The molecule has 1 aliphatic heterocycles. The van der Waals surface area contributed by atoms with Gasteiger partial charge in [-0.05, 0) is 37.6 Å². The smallest absolute Gasteiger partial charge is 0.872 e. The van der Waals surface area contributed by atoms with Gasteiger partial charge >= 0.3 is 35.2 Å². The van der Waals surface area contributed by atoms with E-state index in [1.807, 2.05) is 32.0 Å². The minimum absolute atomic E-state index is 0. The number of hydrogen-bond donors (Lipinski definition) is 1. The molecular weight excluding hydrogens is 359 g/mol. The monoisotopic (exact) mass is 376 g/mol. The summed E-state index contributed by atoms with van der Waals surface area (Å²) in [6, 6.07) is 9.82. The summed E-state index contributed by atoms with van der Waals surface area (Å²) < 4.78 is 16.8. The molecule has 3 aromatic rings. The molecule has 6 nitrogen and oxygen atoms in total. The molecule has 1 N–H and O–H groups in total. The van der Waals surface area contributed by atoms with Gasteiger partial charge in [0.25, 0.3) is 0 Å². The van der Waals surface area contributed by atoms with E-state index in [-0.39, 0.29) is 54.1 Å². The summed E-state index contributed by atoms with van der Waals surface area (Å²) in [5.74, 6) is 0.801. The maximum absolute atomic E-state index is 12.2.